The monoisotopic (exact) mass is 264 g/mol. The standard InChI is InChI=1S/C12H19F3N2O/c1-6-2-9-11(17-4-6)7-5-16-10(12(13,14)15)3-8(7)18-9/h6-11,16-17H,2-5H2,1H3/t6-,7?,8?,9+,10?,11+/m1/s1. The highest BCUT2D eigenvalue weighted by Gasteiger charge is 2.53. The van der Waals surface area contributed by atoms with Crippen LogP contribution < -0.4 is 10.6 Å². The molecule has 3 aliphatic heterocycles. The average molecular weight is 264 g/mol. The molecule has 3 unspecified atom stereocenters. The smallest absolute Gasteiger partial charge is 0.373 e. The van der Waals surface area contributed by atoms with Crippen LogP contribution in [0.1, 0.15) is 19.8 Å². The van der Waals surface area contributed by atoms with Gasteiger partial charge in [-0.1, -0.05) is 6.92 Å². The highest BCUT2D eigenvalue weighted by molar-refractivity contribution is 5.03. The van der Waals surface area contributed by atoms with Crippen LogP contribution >= 0.6 is 0 Å². The Morgan fingerprint density at radius 1 is 1.06 bits per heavy atom. The van der Waals surface area contributed by atoms with Gasteiger partial charge in [0.25, 0.3) is 0 Å². The number of rotatable bonds is 0. The van der Waals surface area contributed by atoms with Crippen LogP contribution in [0.4, 0.5) is 13.2 Å². The van der Waals surface area contributed by atoms with E-state index in [1.54, 1.807) is 0 Å². The van der Waals surface area contributed by atoms with Crippen LogP contribution in [0, 0.1) is 11.8 Å². The lowest BCUT2D eigenvalue weighted by molar-refractivity contribution is -0.171. The van der Waals surface area contributed by atoms with Gasteiger partial charge < -0.3 is 15.4 Å². The number of alkyl halides is 3. The molecule has 3 nitrogen and oxygen atoms in total. The molecule has 2 N–H and O–H groups in total. The lowest BCUT2D eigenvalue weighted by Gasteiger charge is -2.36. The van der Waals surface area contributed by atoms with E-state index in [9.17, 15) is 13.2 Å². The van der Waals surface area contributed by atoms with Crippen LogP contribution in [-0.2, 0) is 4.74 Å². The molecule has 0 bridgehead atoms. The molecule has 3 aliphatic rings. The van der Waals surface area contributed by atoms with Gasteiger partial charge in [-0.2, -0.15) is 13.2 Å². The molecule has 0 aromatic carbocycles. The fourth-order valence-electron chi connectivity index (χ4n) is 3.55. The molecule has 3 fully saturated rings. The van der Waals surface area contributed by atoms with Crippen molar-refractivity contribution in [2.75, 3.05) is 13.1 Å². The van der Waals surface area contributed by atoms with Crippen LogP contribution in [0.5, 0.6) is 0 Å². The highest BCUT2D eigenvalue weighted by atomic mass is 19.4. The highest BCUT2D eigenvalue weighted by Crippen LogP contribution is 2.39. The fourth-order valence-corrected chi connectivity index (χ4v) is 3.55. The Morgan fingerprint density at radius 3 is 2.56 bits per heavy atom. The minimum atomic E-state index is -4.16. The summed E-state index contributed by atoms with van der Waals surface area (Å²) in [6, 6.07) is -1.18. The Hall–Kier alpha value is -0.330. The van der Waals surface area contributed by atoms with E-state index >= 15 is 0 Å². The molecule has 0 amide bonds. The number of piperidine rings is 2. The second-order valence-corrected chi connectivity index (χ2v) is 5.89. The van der Waals surface area contributed by atoms with Gasteiger partial charge in [0.15, 0.2) is 0 Å². The zero-order valence-electron chi connectivity index (χ0n) is 10.3. The third-order valence-electron chi connectivity index (χ3n) is 4.49. The van der Waals surface area contributed by atoms with E-state index in [2.05, 4.69) is 17.6 Å². The molecule has 18 heavy (non-hydrogen) atoms. The van der Waals surface area contributed by atoms with E-state index in [0.29, 0.717) is 12.5 Å². The predicted molar refractivity (Wildman–Crippen MR) is 60.2 cm³/mol. The molecule has 3 heterocycles. The largest absolute Gasteiger partial charge is 0.403 e. The molecule has 0 aliphatic carbocycles. The van der Waals surface area contributed by atoms with Crippen molar-refractivity contribution < 1.29 is 17.9 Å². The zero-order valence-corrected chi connectivity index (χ0v) is 10.3. The van der Waals surface area contributed by atoms with Crippen LogP contribution in [0.2, 0.25) is 0 Å². The van der Waals surface area contributed by atoms with Crippen LogP contribution in [0.25, 0.3) is 0 Å². The molecule has 0 radical (unpaired) electrons. The number of fused-ring (bicyclic) bond motifs is 3. The number of hydrogen-bond donors (Lipinski definition) is 2. The van der Waals surface area contributed by atoms with Gasteiger partial charge in [-0.05, 0) is 25.3 Å². The lowest BCUT2D eigenvalue weighted by atomic mass is 9.83. The summed E-state index contributed by atoms with van der Waals surface area (Å²) >= 11 is 0. The Labute approximate surface area is 104 Å². The fraction of sp³-hybridized carbons (Fsp3) is 1.00. The van der Waals surface area contributed by atoms with Crippen molar-refractivity contribution in [3.63, 3.8) is 0 Å². The molecule has 3 rings (SSSR count). The van der Waals surface area contributed by atoms with Crippen molar-refractivity contribution in [3.8, 4) is 0 Å². The summed E-state index contributed by atoms with van der Waals surface area (Å²) in [5, 5.41) is 6.07. The first-order valence-corrected chi connectivity index (χ1v) is 6.64. The Balaban J connectivity index is 1.68. The maximum absolute atomic E-state index is 12.7. The van der Waals surface area contributed by atoms with E-state index in [1.807, 2.05) is 0 Å². The maximum Gasteiger partial charge on any atom is 0.403 e. The number of nitrogens with one attached hydrogen (secondary N) is 2. The van der Waals surface area contributed by atoms with Gasteiger partial charge in [0.2, 0.25) is 0 Å². The number of hydrogen-bond acceptors (Lipinski definition) is 3. The number of halogens is 3. The molecule has 3 saturated heterocycles. The van der Waals surface area contributed by atoms with E-state index < -0.39 is 12.2 Å². The minimum Gasteiger partial charge on any atom is -0.373 e. The minimum absolute atomic E-state index is 0.0528. The van der Waals surface area contributed by atoms with Gasteiger partial charge in [-0.15, -0.1) is 0 Å². The summed E-state index contributed by atoms with van der Waals surface area (Å²) in [6.45, 7) is 3.49. The Morgan fingerprint density at radius 2 is 1.83 bits per heavy atom. The van der Waals surface area contributed by atoms with Crippen molar-refractivity contribution in [1.29, 1.82) is 0 Å². The predicted octanol–water partition coefficient (Wildman–Crippen LogP) is 1.29. The van der Waals surface area contributed by atoms with Gasteiger partial charge >= 0.3 is 6.18 Å². The maximum atomic E-state index is 12.7. The second kappa shape index (κ2) is 4.35. The molecule has 0 saturated carbocycles. The van der Waals surface area contributed by atoms with Crippen molar-refractivity contribution in [2.45, 2.75) is 50.2 Å². The molecular formula is C12H19F3N2O. The molecule has 0 spiro atoms. The van der Waals surface area contributed by atoms with E-state index in [0.717, 1.165) is 13.0 Å². The third-order valence-corrected chi connectivity index (χ3v) is 4.49. The molecule has 0 aromatic rings. The van der Waals surface area contributed by atoms with Gasteiger partial charge in [0, 0.05) is 18.5 Å². The van der Waals surface area contributed by atoms with E-state index in [4.69, 9.17) is 4.74 Å². The molecular weight excluding hydrogens is 245 g/mol. The molecule has 0 aromatic heterocycles. The molecule has 6 atom stereocenters. The van der Waals surface area contributed by atoms with Gasteiger partial charge in [0.1, 0.15) is 6.04 Å². The van der Waals surface area contributed by atoms with Crippen LogP contribution in [-0.4, -0.2) is 43.6 Å². The molecule has 6 heteroatoms. The summed E-state index contributed by atoms with van der Waals surface area (Å²) < 4.78 is 44.0. The van der Waals surface area contributed by atoms with Crippen molar-refractivity contribution in [1.82, 2.24) is 10.6 Å². The summed E-state index contributed by atoms with van der Waals surface area (Å²) in [6.07, 6.45) is -3.30. The summed E-state index contributed by atoms with van der Waals surface area (Å²) in [5.41, 5.74) is 0. The zero-order chi connectivity index (χ0) is 12.9. The van der Waals surface area contributed by atoms with Crippen molar-refractivity contribution >= 4 is 0 Å². The number of ether oxygens (including phenoxy) is 1. The van der Waals surface area contributed by atoms with Gasteiger partial charge in [0.05, 0.1) is 12.2 Å². The van der Waals surface area contributed by atoms with Gasteiger partial charge in [-0.25, -0.2) is 0 Å². The Kier molecular flexibility index (Phi) is 3.07. The lowest BCUT2D eigenvalue weighted by Crippen LogP contribution is -2.56. The average Bonchev–Trinajstić information content (AvgIpc) is 2.63. The quantitative estimate of drug-likeness (QED) is 0.692. The first-order chi connectivity index (χ1) is 8.45. The SMILES string of the molecule is C[C@H]1CN[C@H]2C3CNC(C(F)(F)F)CC3O[C@H]2C1. The normalized spacial score (nSPS) is 48.7. The van der Waals surface area contributed by atoms with Crippen LogP contribution in [0.15, 0.2) is 0 Å². The third kappa shape index (κ3) is 2.14. The van der Waals surface area contributed by atoms with Crippen molar-refractivity contribution in [2.24, 2.45) is 11.8 Å². The molecule has 104 valence electrons. The second-order valence-electron chi connectivity index (χ2n) is 5.89. The van der Waals surface area contributed by atoms with Crippen molar-refractivity contribution in [3.05, 3.63) is 0 Å². The summed E-state index contributed by atoms with van der Waals surface area (Å²) in [4.78, 5) is 0. The first-order valence-electron chi connectivity index (χ1n) is 6.64. The van der Waals surface area contributed by atoms with Gasteiger partial charge in [-0.3, -0.25) is 0 Å². The first kappa shape index (κ1) is 12.7. The van der Waals surface area contributed by atoms with E-state index in [-0.39, 0.29) is 30.6 Å². The van der Waals surface area contributed by atoms with E-state index in [1.165, 1.54) is 0 Å². The topological polar surface area (TPSA) is 33.3 Å². The van der Waals surface area contributed by atoms with Crippen LogP contribution in [0.3, 0.4) is 0 Å². The Bertz CT molecular complexity index is 323. The summed E-state index contributed by atoms with van der Waals surface area (Å²) in [7, 11) is 0. The summed E-state index contributed by atoms with van der Waals surface area (Å²) in [5.74, 6) is 0.721.